The molecule has 0 radical (unpaired) electrons. The molecule has 1 saturated heterocycles. The van der Waals surface area contributed by atoms with Crippen molar-refractivity contribution in [2.24, 2.45) is 5.92 Å². The molecule has 100 valence electrons. The van der Waals surface area contributed by atoms with Crippen molar-refractivity contribution in [1.29, 1.82) is 0 Å². The van der Waals surface area contributed by atoms with E-state index >= 15 is 0 Å². The Morgan fingerprint density at radius 2 is 2.29 bits per heavy atom. The lowest BCUT2D eigenvalue weighted by Crippen LogP contribution is -2.45. The molecule has 1 atom stereocenters. The van der Waals surface area contributed by atoms with Crippen LogP contribution in [0.2, 0.25) is 0 Å². The summed E-state index contributed by atoms with van der Waals surface area (Å²) in [5.41, 5.74) is 0. The minimum Gasteiger partial charge on any atom is -0.381 e. The summed E-state index contributed by atoms with van der Waals surface area (Å²) in [4.78, 5) is 2.33. The Balaban J connectivity index is 1.37. The number of nitrogens with zero attached hydrogens (tertiary/aromatic N) is 1. The van der Waals surface area contributed by atoms with Crippen molar-refractivity contribution in [2.45, 2.75) is 25.4 Å². The van der Waals surface area contributed by atoms with Crippen molar-refractivity contribution >= 4 is 0 Å². The van der Waals surface area contributed by atoms with Gasteiger partial charge in [-0.3, -0.25) is 0 Å². The van der Waals surface area contributed by atoms with Crippen molar-refractivity contribution in [1.82, 2.24) is 10.2 Å². The van der Waals surface area contributed by atoms with Gasteiger partial charge in [-0.15, -0.1) is 0 Å². The minimum atomic E-state index is 0.362. The summed E-state index contributed by atoms with van der Waals surface area (Å²) in [6.07, 6.45) is 4.23. The van der Waals surface area contributed by atoms with Crippen LogP contribution in [0.1, 0.15) is 19.3 Å². The monoisotopic (exact) mass is 242 g/mol. The highest BCUT2D eigenvalue weighted by Crippen LogP contribution is 2.28. The number of hydrogen-bond donors (Lipinski definition) is 1. The molecule has 0 bridgehead atoms. The Labute approximate surface area is 105 Å². The van der Waals surface area contributed by atoms with Gasteiger partial charge in [-0.1, -0.05) is 0 Å². The van der Waals surface area contributed by atoms with E-state index in [1.807, 2.05) is 0 Å². The Morgan fingerprint density at radius 3 is 3.06 bits per heavy atom. The van der Waals surface area contributed by atoms with Gasteiger partial charge in [0.1, 0.15) is 0 Å². The van der Waals surface area contributed by atoms with Crippen molar-refractivity contribution in [3.63, 3.8) is 0 Å². The third-order valence-corrected chi connectivity index (χ3v) is 3.41. The third-order valence-electron chi connectivity index (χ3n) is 3.41. The molecule has 17 heavy (non-hydrogen) atoms. The van der Waals surface area contributed by atoms with E-state index in [9.17, 15) is 0 Å². The third kappa shape index (κ3) is 5.82. The van der Waals surface area contributed by atoms with Crippen LogP contribution in [0, 0.1) is 5.92 Å². The van der Waals surface area contributed by atoms with Gasteiger partial charge in [0.05, 0.1) is 12.7 Å². The van der Waals surface area contributed by atoms with Crippen LogP contribution in [0.4, 0.5) is 0 Å². The number of hydrogen-bond acceptors (Lipinski definition) is 4. The first kappa shape index (κ1) is 13.3. The van der Waals surface area contributed by atoms with Crippen molar-refractivity contribution in [3.8, 4) is 0 Å². The van der Waals surface area contributed by atoms with Crippen LogP contribution in [0.5, 0.6) is 0 Å². The highest BCUT2D eigenvalue weighted by Gasteiger charge is 2.20. The van der Waals surface area contributed by atoms with Gasteiger partial charge in [0.2, 0.25) is 0 Å². The normalized spacial score (nSPS) is 26.3. The lowest BCUT2D eigenvalue weighted by molar-refractivity contribution is -0.0182. The molecule has 0 amide bonds. The van der Waals surface area contributed by atoms with Gasteiger partial charge in [0.15, 0.2) is 0 Å². The molecule has 1 saturated carbocycles. The van der Waals surface area contributed by atoms with E-state index in [1.165, 1.54) is 12.8 Å². The van der Waals surface area contributed by atoms with Gasteiger partial charge in [-0.2, -0.15) is 0 Å². The molecule has 0 aromatic rings. The molecule has 1 aliphatic heterocycles. The Bertz CT molecular complexity index is 210. The zero-order valence-corrected chi connectivity index (χ0v) is 11.0. The van der Waals surface area contributed by atoms with Crippen LogP contribution in [-0.2, 0) is 9.47 Å². The number of nitrogens with one attached hydrogen (secondary N) is 1. The largest absolute Gasteiger partial charge is 0.381 e. The van der Waals surface area contributed by atoms with Gasteiger partial charge in [0.25, 0.3) is 0 Å². The minimum absolute atomic E-state index is 0.362. The standard InChI is InChI=1S/C13H26N2O2/c1-15-6-8-17-13(10-15)9-14-5-2-7-16-11-12-3-4-12/h12-14H,2-11H2,1H3. The Hall–Kier alpha value is -0.160. The second-order valence-corrected chi connectivity index (χ2v) is 5.33. The van der Waals surface area contributed by atoms with Crippen LogP contribution in [-0.4, -0.2) is 64.1 Å². The van der Waals surface area contributed by atoms with Crippen LogP contribution in [0.3, 0.4) is 0 Å². The number of rotatable bonds is 8. The first-order chi connectivity index (χ1) is 8.34. The fourth-order valence-corrected chi connectivity index (χ4v) is 2.09. The number of ether oxygens (including phenoxy) is 2. The van der Waals surface area contributed by atoms with Gasteiger partial charge in [-0.05, 0) is 38.8 Å². The molecule has 1 N–H and O–H groups in total. The molecule has 2 aliphatic rings. The molecule has 1 heterocycles. The van der Waals surface area contributed by atoms with Gasteiger partial charge in [-0.25, -0.2) is 0 Å². The zero-order valence-electron chi connectivity index (χ0n) is 11.0. The summed E-state index contributed by atoms with van der Waals surface area (Å²) >= 11 is 0. The van der Waals surface area contributed by atoms with Crippen LogP contribution >= 0.6 is 0 Å². The summed E-state index contributed by atoms with van der Waals surface area (Å²) in [7, 11) is 2.15. The molecule has 2 rings (SSSR count). The molecule has 0 spiro atoms. The first-order valence-corrected chi connectivity index (χ1v) is 6.93. The maximum absolute atomic E-state index is 5.68. The molecule has 0 aromatic carbocycles. The van der Waals surface area contributed by atoms with Crippen LogP contribution < -0.4 is 5.32 Å². The topological polar surface area (TPSA) is 33.7 Å². The predicted octanol–water partition coefficient (Wildman–Crippen LogP) is 0.723. The average molecular weight is 242 g/mol. The van der Waals surface area contributed by atoms with Gasteiger partial charge >= 0.3 is 0 Å². The van der Waals surface area contributed by atoms with E-state index in [0.717, 1.165) is 58.3 Å². The van der Waals surface area contributed by atoms with Crippen LogP contribution in [0.25, 0.3) is 0 Å². The molecule has 4 nitrogen and oxygen atoms in total. The lowest BCUT2D eigenvalue weighted by Gasteiger charge is -2.30. The van der Waals surface area contributed by atoms with Crippen molar-refractivity contribution < 1.29 is 9.47 Å². The average Bonchev–Trinajstić information content (AvgIpc) is 3.12. The predicted molar refractivity (Wildman–Crippen MR) is 68.3 cm³/mol. The zero-order chi connectivity index (χ0) is 11.9. The van der Waals surface area contributed by atoms with Crippen molar-refractivity contribution in [2.75, 3.05) is 53.0 Å². The number of morpholine rings is 1. The SMILES string of the molecule is CN1CCOC(CNCCCOCC2CC2)C1. The molecule has 1 unspecified atom stereocenters. The molecular formula is C13H26N2O2. The van der Waals surface area contributed by atoms with Crippen LogP contribution in [0.15, 0.2) is 0 Å². The fourth-order valence-electron chi connectivity index (χ4n) is 2.09. The second-order valence-electron chi connectivity index (χ2n) is 5.33. The maximum Gasteiger partial charge on any atom is 0.0826 e. The summed E-state index contributed by atoms with van der Waals surface area (Å²) < 4.78 is 11.3. The molecular weight excluding hydrogens is 216 g/mol. The summed E-state index contributed by atoms with van der Waals surface area (Å²) in [5, 5.41) is 3.45. The molecule has 0 aromatic heterocycles. The maximum atomic E-state index is 5.68. The highest BCUT2D eigenvalue weighted by atomic mass is 16.5. The van der Waals surface area contributed by atoms with Crippen molar-refractivity contribution in [3.05, 3.63) is 0 Å². The Kier molecular flexibility index (Phi) is 5.71. The Morgan fingerprint density at radius 1 is 1.41 bits per heavy atom. The van der Waals surface area contributed by atoms with Gasteiger partial charge in [0, 0.05) is 32.8 Å². The molecule has 4 heteroatoms. The second kappa shape index (κ2) is 7.31. The summed E-state index contributed by atoms with van der Waals surface area (Å²) in [6, 6.07) is 0. The van der Waals surface area contributed by atoms with Gasteiger partial charge < -0.3 is 19.7 Å². The highest BCUT2D eigenvalue weighted by molar-refractivity contribution is 4.72. The van der Waals surface area contributed by atoms with E-state index in [0.29, 0.717) is 6.10 Å². The van der Waals surface area contributed by atoms with E-state index < -0.39 is 0 Å². The van der Waals surface area contributed by atoms with E-state index in [2.05, 4.69) is 17.3 Å². The molecule has 1 aliphatic carbocycles. The van der Waals surface area contributed by atoms with E-state index in [1.54, 1.807) is 0 Å². The van der Waals surface area contributed by atoms with E-state index in [-0.39, 0.29) is 0 Å². The quantitative estimate of drug-likeness (QED) is 0.636. The first-order valence-electron chi connectivity index (χ1n) is 6.93. The lowest BCUT2D eigenvalue weighted by atomic mass is 10.3. The molecule has 2 fully saturated rings. The summed E-state index contributed by atoms with van der Waals surface area (Å²) in [6.45, 7) is 6.86. The fraction of sp³-hybridized carbons (Fsp3) is 1.00. The smallest absolute Gasteiger partial charge is 0.0826 e. The van der Waals surface area contributed by atoms with E-state index in [4.69, 9.17) is 9.47 Å². The summed E-state index contributed by atoms with van der Waals surface area (Å²) in [5.74, 6) is 0.883. The number of likely N-dealkylation sites (N-methyl/N-ethyl adjacent to an activating group) is 1.